The molecule has 1 N–H and O–H groups in total. The second-order valence-electron chi connectivity index (χ2n) is 4.71. The highest BCUT2D eigenvalue weighted by atomic mass is 16.5. The van der Waals surface area contributed by atoms with Gasteiger partial charge in [-0.2, -0.15) is 5.26 Å². The molecule has 0 fully saturated rings. The summed E-state index contributed by atoms with van der Waals surface area (Å²) in [5, 5.41) is 11.7. The zero-order valence-electron chi connectivity index (χ0n) is 11.2. The van der Waals surface area contributed by atoms with Crippen LogP contribution in [-0.2, 0) is 4.79 Å². The summed E-state index contributed by atoms with van der Waals surface area (Å²) in [6.45, 7) is 5.08. The van der Waals surface area contributed by atoms with Gasteiger partial charge in [0.2, 0.25) is 5.91 Å². The molecule has 0 saturated carbocycles. The molecule has 0 radical (unpaired) electrons. The van der Waals surface area contributed by atoms with Crippen LogP contribution >= 0.6 is 0 Å². The molecular formula is C14H18N2O2. The molecular weight excluding hydrogens is 228 g/mol. The van der Waals surface area contributed by atoms with Crippen molar-refractivity contribution in [2.75, 3.05) is 7.11 Å². The Morgan fingerprint density at radius 2 is 1.94 bits per heavy atom. The zero-order chi connectivity index (χ0) is 13.8. The van der Waals surface area contributed by atoms with E-state index in [4.69, 9.17) is 10.00 Å². The van der Waals surface area contributed by atoms with Crippen molar-refractivity contribution in [2.45, 2.75) is 26.8 Å². The number of carbonyl (C=O) groups is 1. The number of amides is 1. The quantitative estimate of drug-likeness (QED) is 0.887. The van der Waals surface area contributed by atoms with Crippen LogP contribution in [0.1, 0.15) is 32.4 Å². The second kappa shape index (κ2) is 5.54. The number of carbonyl (C=O) groups excluding carboxylic acids is 1. The average Bonchev–Trinajstić information content (AvgIpc) is 2.38. The number of ether oxygens (including phenoxy) is 1. The summed E-state index contributed by atoms with van der Waals surface area (Å²) in [5.74, 6) is 0.503. The lowest BCUT2D eigenvalue weighted by molar-refractivity contribution is -0.127. The molecule has 4 heteroatoms. The molecule has 1 atom stereocenters. The maximum Gasteiger partial charge on any atom is 0.240 e. The molecule has 0 saturated heterocycles. The van der Waals surface area contributed by atoms with Gasteiger partial charge in [0.25, 0.3) is 0 Å². The van der Waals surface area contributed by atoms with Gasteiger partial charge in [0.15, 0.2) is 0 Å². The molecule has 1 amide bonds. The van der Waals surface area contributed by atoms with Crippen LogP contribution in [0.5, 0.6) is 5.75 Å². The zero-order valence-corrected chi connectivity index (χ0v) is 11.2. The van der Waals surface area contributed by atoms with Crippen LogP contribution in [0.3, 0.4) is 0 Å². The number of hydrogen-bond donors (Lipinski definition) is 1. The van der Waals surface area contributed by atoms with Crippen LogP contribution in [-0.4, -0.2) is 13.0 Å². The van der Waals surface area contributed by atoms with Crippen LogP contribution in [0.4, 0.5) is 0 Å². The van der Waals surface area contributed by atoms with Gasteiger partial charge in [-0.05, 0) is 38.5 Å². The van der Waals surface area contributed by atoms with Crippen molar-refractivity contribution in [3.05, 3.63) is 29.8 Å². The molecule has 1 rings (SSSR count). The van der Waals surface area contributed by atoms with Gasteiger partial charge >= 0.3 is 0 Å². The number of nitriles is 1. The molecule has 0 aliphatic rings. The van der Waals surface area contributed by atoms with Crippen molar-refractivity contribution < 1.29 is 9.53 Å². The van der Waals surface area contributed by atoms with Gasteiger partial charge in [0.05, 0.1) is 19.2 Å². The predicted molar refractivity (Wildman–Crippen MR) is 68.9 cm³/mol. The third kappa shape index (κ3) is 3.24. The lowest BCUT2D eigenvalue weighted by Crippen LogP contribution is -2.37. The minimum atomic E-state index is -1.01. The van der Waals surface area contributed by atoms with E-state index in [0.717, 1.165) is 11.3 Å². The normalized spacial score (nSPS) is 12.4. The number of methoxy groups -OCH3 is 1. The Kier molecular flexibility index (Phi) is 4.33. The molecule has 0 aromatic heterocycles. The number of benzene rings is 1. The van der Waals surface area contributed by atoms with Gasteiger partial charge in [-0.25, -0.2) is 0 Å². The molecule has 0 spiro atoms. The molecule has 1 aromatic carbocycles. The topological polar surface area (TPSA) is 62.1 Å². The lowest BCUT2D eigenvalue weighted by Gasteiger charge is -2.20. The van der Waals surface area contributed by atoms with Crippen molar-refractivity contribution >= 4 is 5.91 Å². The van der Waals surface area contributed by atoms with E-state index in [1.165, 1.54) is 0 Å². The molecule has 1 unspecified atom stereocenters. The van der Waals surface area contributed by atoms with Gasteiger partial charge in [-0.3, -0.25) is 4.79 Å². The summed E-state index contributed by atoms with van der Waals surface area (Å²) in [4.78, 5) is 11.8. The monoisotopic (exact) mass is 246 g/mol. The van der Waals surface area contributed by atoms with Gasteiger partial charge < -0.3 is 10.1 Å². The molecule has 1 aromatic rings. The van der Waals surface area contributed by atoms with E-state index in [0.29, 0.717) is 0 Å². The summed E-state index contributed by atoms with van der Waals surface area (Å²) in [7, 11) is 1.61. The Balaban J connectivity index is 2.74. The van der Waals surface area contributed by atoms with Crippen molar-refractivity contribution in [2.24, 2.45) is 5.41 Å². The fraction of sp³-hybridized carbons (Fsp3) is 0.429. The maximum absolute atomic E-state index is 11.8. The summed E-state index contributed by atoms with van der Waals surface area (Å²) in [6.07, 6.45) is 0. The highest BCUT2D eigenvalue weighted by molar-refractivity contribution is 5.84. The van der Waals surface area contributed by atoms with Crippen LogP contribution in [0, 0.1) is 16.7 Å². The third-order valence-corrected chi connectivity index (χ3v) is 2.81. The Morgan fingerprint density at radius 3 is 2.39 bits per heavy atom. The Bertz CT molecular complexity index is 458. The standard InChI is InChI=1S/C14H18N2O2/c1-10(16-13(17)14(2,3)9-15)11-5-7-12(18-4)8-6-11/h5-8,10H,1-4H3,(H,16,17). The SMILES string of the molecule is COc1ccc(C(C)NC(=O)C(C)(C)C#N)cc1. The van der Waals surface area contributed by atoms with E-state index in [9.17, 15) is 4.79 Å². The Hall–Kier alpha value is -2.02. The van der Waals surface area contributed by atoms with Crippen LogP contribution in [0.2, 0.25) is 0 Å². The predicted octanol–water partition coefficient (Wildman–Crippen LogP) is 2.42. The number of rotatable bonds is 4. The fourth-order valence-corrected chi connectivity index (χ4v) is 1.40. The third-order valence-electron chi connectivity index (χ3n) is 2.81. The van der Waals surface area contributed by atoms with Gasteiger partial charge in [0.1, 0.15) is 11.2 Å². The van der Waals surface area contributed by atoms with Gasteiger partial charge in [-0.15, -0.1) is 0 Å². The molecule has 0 bridgehead atoms. The summed E-state index contributed by atoms with van der Waals surface area (Å²) in [5.41, 5.74) is -0.0429. The van der Waals surface area contributed by atoms with E-state index in [1.54, 1.807) is 21.0 Å². The largest absolute Gasteiger partial charge is 0.497 e. The van der Waals surface area contributed by atoms with Crippen LogP contribution < -0.4 is 10.1 Å². The van der Waals surface area contributed by atoms with Gasteiger partial charge in [-0.1, -0.05) is 12.1 Å². The van der Waals surface area contributed by atoms with Crippen LogP contribution in [0.15, 0.2) is 24.3 Å². The number of hydrogen-bond acceptors (Lipinski definition) is 3. The maximum atomic E-state index is 11.8. The van der Waals surface area contributed by atoms with Gasteiger partial charge in [0, 0.05) is 0 Å². The molecule has 0 heterocycles. The molecule has 0 aliphatic heterocycles. The summed E-state index contributed by atoms with van der Waals surface area (Å²) in [6, 6.07) is 9.31. The van der Waals surface area contributed by atoms with Crippen molar-refractivity contribution in [3.63, 3.8) is 0 Å². The van der Waals surface area contributed by atoms with E-state index >= 15 is 0 Å². The van der Waals surface area contributed by atoms with E-state index in [1.807, 2.05) is 37.3 Å². The first kappa shape index (κ1) is 14.0. The van der Waals surface area contributed by atoms with E-state index in [2.05, 4.69) is 5.32 Å². The first-order chi connectivity index (χ1) is 8.40. The van der Waals surface area contributed by atoms with Crippen molar-refractivity contribution in [1.29, 1.82) is 5.26 Å². The number of nitrogens with one attached hydrogen (secondary N) is 1. The highest BCUT2D eigenvalue weighted by Gasteiger charge is 2.28. The molecule has 0 aliphatic carbocycles. The summed E-state index contributed by atoms with van der Waals surface area (Å²) < 4.78 is 5.07. The Morgan fingerprint density at radius 1 is 1.39 bits per heavy atom. The Labute approximate surface area is 108 Å². The first-order valence-corrected chi connectivity index (χ1v) is 5.77. The number of nitrogens with zero attached hydrogens (tertiary/aromatic N) is 1. The molecule has 18 heavy (non-hydrogen) atoms. The fourth-order valence-electron chi connectivity index (χ4n) is 1.40. The second-order valence-corrected chi connectivity index (χ2v) is 4.71. The van der Waals surface area contributed by atoms with Crippen LogP contribution in [0.25, 0.3) is 0 Å². The summed E-state index contributed by atoms with van der Waals surface area (Å²) >= 11 is 0. The minimum absolute atomic E-state index is 0.143. The van der Waals surface area contributed by atoms with E-state index in [-0.39, 0.29) is 11.9 Å². The smallest absolute Gasteiger partial charge is 0.240 e. The lowest BCUT2D eigenvalue weighted by atomic mass is 9.94. The van der Waals surface area contributed by atoms with Crippen molar-refractivity contribution in [3.8, 4) is 11.8 Å². The van der Waals surface area contributed by atoms with E-state index < -0.39 is 5.41 Å². The average molecular weight is 246 g/mol. The first-order valence-electron chi connectivity index (χ1n) is 5.77. The molecule has 4 nitrogen and oxygen atoms in total. The molecule has 96 valence electrons. The minimum Gasteiger partial charge on any atom is -0.497 e. The van der Waals surface area contributed by atoms with Crippen molar-refractivity contribution in [1.82, 2.24) is 5.32 Å². The highest BCUT2D eigenvalue weighted by Crippen LogP contribution is 2.20.